The molecule has 0 fully saturated rings. The molecule has 0 bridgehead atoms. The number of nitrogens with two attached hydrogens (primary N) is 1. The zero-order valence-corrected chi connectivity index (χ0v) is 11.6. The molecule has 0 aliphatic heterocycles. The molecule has 0 aliphatic rings. The van der Waals surface area contributed by atoms with E-state index in [4.69, 9.17) is 10.5 Å². The van der Waals surface area contributed by atoms with Gasteiger partial charge in [0.2, 0.25) is 0 Å². The van der Waals surface area contributed by atoms with Crippen LogP contribution in [-0.2, 0) is 4.79 Å². The van der Waals surface area contributed by atoms with Gasteiger partial charge in [-0.25, -0.2) is 0 Å². The van der Waals surface area contributed by atoms with Crippen molar-refractivity contribution < 1.29 is 9.53 Å². The van der Waals surface area contributed by atoms with E-state index in [9.17, 15) is 4.79 Å². The lowest BCUT2D eigenvalue weighted by molar-refractivity contribution is -0.122. The molecule has 2 rings (SSSR count). The molecule has 0 aliphatic carbocycles. The number of nitrogen functional groups attached to an aromatic ring is 1. The second kappa shape index (κ2) is 6.10. The fraction of sp³-hybridized carbons (Fsp3) is 0.188. The molecule has 104 valence electrons. The molecule has 2 aromatic carbocycles. The number of hydrogen-bond acceptors (Lipinski definition) is 3. The summed E-state index contributed by atoms with van der Waals surface area (Å²) >= 11 is 0. The first-order chi connectivity index (χ1) is 9.54. The number of ether oxygens (including phenoxy) is 1. The minimum atomic E-state index is -0.585. The van der Waals surface area contributed by atoms with Gasteiger partial charge in [-0.1, -0.05) is 18.2 Å². The fourth-order valence-electron chi connectivity index (χ4n) is 1.81. The second-order valence-corrected chi connectivity index (χ2v) is 4.69. The van der Waals surface area contributed by atoms with Crippen molar-refractivity contribution in [1.82, 2.24) is 0 Å². The Balaban J connectivity index is 1.98. The number of anilines is 2. The minimum absolute atomic E-state index is 0.211. The topological polar surface area (TPSA) is 64.3 Å². The Hall–Kier alpha value is -2.49. The minimum Gasteiger partial charge on any atom is -0.481 e. The van der Waals surface area contributed by atoms with Crippen LogP contribution in [0.3, 0.4) is 0 Å². The number of rotatable bonds is 4. The van der Waals surface area contributed by atoms with Crippen LogP contribution < -0.4 is 15.8 Å². The molecule has 1 unspecified atom stereocenters. The molecule has 20 heavy (non-hydrogen) atoms. The van der Waals surface area contributed by atoms with Crippen LogP contribution in [0.5, 0.6) is 5.75 Å². The van der Waals surface area contributed by atoms with E-state index in [0.29, 0.717) is 17.1 Å². The smallest absolute Gasteiger partial charge is 0.265 e. The molecule has 2 aromatic rings. The monoisotopic (exact) mass is 270 g/mol. The molecular formula is C16H18N2O2. The van der Waals surface area contributed by atoms with Crippen LogP contribution in [0.1, 0.15) is 12.5 Å². The fourth-order valence-corrected chi connectivity index (χ4v) is 1.81. The number of hydrogen-bond donors (Lipinski definition) is 2. The van der Waals surface area contributed by atoms with Crippen molar-refractivity contribution in [2.24, 2.45) is 0 Å². The van der Waals surface area contributed by atoms with E-state index in [1.54, 1.807) is 31.2 Å². The third-order valence-electron chi connectivity index (χ3n) is 2.83. The standard InChI is InChI=1S/C16H18N2O2/c1-11-5-3-8-15(9-11)20-12(2)16(19)18-14-7-4-6-13(17)10-14/h3-10,12H,17H2,1-2H3,(H,18,19). The molecule has 0 heterocycles. The first-order valence-corrected chi connectivity index (χ1v) is 6.44. The van der Waals surface area contributed by atoms with Crippen molar-refractivity contribution in [2.75, 3.05) is 11.1 Å². The Bertz CT molecular complexity index is 611. The predicted octanol–water partition coefficient (Wildman–Crippen LogP) is 2.98. The number of benzene rings is 2. The average Bonchev–Trinajstić information content (AvgIpc) is 2.38. The van der Waals surface area contributed by atoms with Crippen molar-refractivity contribution in [3.8, 4) is 5.75 Å². The summed E-state index contributed by atoms with van der Waals surface area (Å²) in [6.45, 7) is 3.69. The van der Waals surface area contributed by atoms with Crippen molar-refractivity contribution in [1.29, 1.82) is 0 Å². The first kappa shape index (κ1) is 13.9. The summed E-state index contributed by atoms with van der Waals surface area (Å²) in [7, 11) is 0. The van der Waals surface area contributed by atoms with Gasteiger partial charge >= 0.3 is 0 Å². The Morgan fingerprint density at radius 2 is 1.95 bits per heavy atom. The van der Waals surface area contributed by atoms with Gasteiger partial charge in [-0.2, -0.15) is 0 Å². The molecule has 1 amide bonds. The van der Waals surface area contributed by atoms with Gasteiger partial charge < -0.3 is 15.8 Å². The van der Waals surface area contributed by atoms with Gasteiger partial charge in [0.25, 0.3) is 5.91 Å². The zero-order valence-electron chi connectivity index (χ0n) is 11.6. The summed E-state index contributed by atoms with van der Waals surface area (Å²) in [5.74, 6) is 0.470. The van der Waals surface area contributed by atoms with Crippen molar-refractivity contribution in [2.45, 2.75) is 20.0 Å². The summed E-state index contributed by atoms with van der Waals surface area (Å²) in [4.78, 5) is 12.0. The van der Waals surface area contributed by atoms with Crippen LogP contribution in [-0.4, -0.2) is 12.0 Å². The average molecular weight is 270 g/mol. The number of nitrogens with one attached hydrogen (secondary N) is 1. The van der Waals surface area contributed by atoms with E-state index in [1.165, 1.54) is 0 Å². The highest BCUT2D eigenvalue weighted by atomic mass is 16.5. The van der Waals surface area contributed by atoms with Crippen LogP contribution in [0.2, 0.25) is 0 Å². The molecule has 1 atom stereocenters. The lowest BCUT2D eigenvalue weighted by Gasteiger charge is -2.15. The summed E-state index contributed by atoms with van der Waals surface area (Å²) < 4.78 is 5.62. The van der Waals surface area contributed by atoms with Gasteiger partial charge in [0.15, 0.2) is 6.10 Å². The van der Waals surface area contributed by atoms with Crippen LogP contribution >= 0.6 is 0 Å². The SMILES string of the molecule is Cc1cccc(OC(C)C(=O)Nc2cccc(N)c2)c1. The van der Waals surface area contributed by atoms with E-state index in [-0.39, 0.29) is 5.91 Å². The molecule has 3 N–H and O–H groups in total. The van der Waals surface area contributed by atoms with Crippen molar-refractivity contribution in [3.63, 3.8) is 0 Å². The van der Waals surface area contributed by atoms with Gasteiger partial charge in [-0.15, -0.1) is 0 Å². The van der Waals surface area contributed by atoms with Crippen LogP contribution in [0, 0.1) is 6.92 Å². The third-order valence-corrected chi connectivity index (χ3v) is 2.83. The lowest BCUT2D eigenvalue weighted by Crippen LogP contribution is -2.30. The molecule has 0 spiro atoms. The van der Waals surface area contributed by atoms with Gasteiger partial charge in [-0.3, -0.25) is 4.79 Å². The number of carbonyl (C=O) groups excluding carboxylic acids is 1. The third kappa shape index (κ3) is 3.75. The van der Waals surface area contributed by atoms with Gasteiger partial charge in [0, 0.05) is 11.4 Å². The summed E-state index contributed by atoms with van der Waals surface area (Å²) in [6, 6.07) is 14.6. The normalized spacial score (nSPS) is 11.7. The van der Waals surface area contributed by atoms with Crippen molar-refractivity contribution >= 4 is 17.3 Å². The Kier molecular flexibility index (Phi) is 4.25. The van der Waals surface area contributed by atoms with Crippen LogP contribution in [0.4, 0.5) is 11.4 Å². The quantitative estimate of drug-likeness (QED) is 0.839. The summed E-state index contributed by atoms with van der Waals surface area (Å²) in [5.41, 5.74) is 8.03. The van der Waals surface area contributed by atoms with Crippen LogP contribution in [0.25, 0.3) is 0 Å². The first-order valence-electron chi connectivity index (χ1n) is 6.44. The summed E-state index contributed by atoms with van der Waals surface area (Å²) in [5, 5.41) is 2.77. The van der Waals surface area contributed by atoms with E-state index in [2.05, 4.69) is 5.32 Å². The highest BCUT2D eigenvalue weighted by Gasteiger charge is 2.14. The van der Waals surface area contributed by atoms with Gasteiger partial charge in [0.05, 0.1) is 0 Å². The summed E-state index contributed by atoms with van der Waals surface area (Å²) in [6.07, 6.45) is -0.585. The van der Waals surface area contributed by atoms with E-state index in [1.807, 2.05) is 31.2 Å². The maximum atomic E-state index is 12.0. The highest BCUT2D eigenvalue weighted by Crippen LogP contribution is 2.16. The Morgan fingerprint density at radius 3 is 2.65 bits per heavy atom. The number of carbonyl (C=O) groups is 1. The maximum Gasteiger partial charge on any atom is 0.265 e. The van der Waals surface area contributed by atoms with E-state index >= 15 is 0 Å². The van der Waals surface area contributed by atoms with E-state index < -0.39 is 6.10 Å². The zero-order chi connectivity index (χ0) is 14.5. The Morgan fingerprint density at radius 1 is 1.20 bits per heavy atom. The predicted molar refractivity (Wildman–Crippen MR) is 80.8 cm³/mol. The van der Waals surface area contributed by atoms with E-state index in [0.717, 1.165) is 5.56 Å². The second-order valence-electron chi connectivity index (χ2n) is 4.69. The maximum absolute atomic E-state index is 12.0. The molecular weight excluding hydrogens is 252 g/mol. The molecule has 0 saturated carbocycles. The number of amides is 1. The lowest BCUT2D eigenvalue weighted by atomic mass is 10.2. The molecule has 4 heteroatoms. The van der Waals surface area contributed by atoms with Crippen molar-refractivity contribution in [3.05, 3.63) is 54.1 Å². The van der Waals surface area contributed by atoms with Gasteiger partial charge in [-0.05, 0) is 49.7 Å². The van der Waals surface area contributed by atoms with Gasteiger partial charge in [0.1, 0.15) is 5.75 Å². The largest absolute Gasteiger partial charge is 0.481 e. The van der Waals surface area contributed by atoms with Crippen LogP contribution in [0.15, 0.2) is 48.5 Å². The molecule has 4 nitrogen and oxygen atoms in total. The molecule has 0 radical (unpaired) electrons. The molecule has 0 aromatic heterocycles. The molecule has 0 saturated heterocycles. The Labute approximate surface area is 118 Å². The number of aryl methyl sites for hydroxylation is 1. The highest BCUT2D eigenvalue weighted by molar-refractivity contribution is 5.94.